The van der Waals surface area contributed by atoms with Gasteiger partial charge in [-0.15, -0.1) is 0 Å². The first kappa shape index (κ1) is 17.0. The number of sulfone groups is 1. The van der Waals surface area contributed by atoms with Crippen molar-refractivity contribution in [3.8, 4) is 0 Å². The van der Waals surface area contributed by atoms with Crippen LogP contribution in [0.15, 0.2) is 47.4 Å². The number of anilines is 2. The first-order valence-corrected chi connectivity index (χ1v) is 9.87. The monoisotopic (exact) mass is 368 g/mol. The van der Waals surface area contributed by atoms with Gasteiger partial charge in [-0.25, -0.2) is 12.8 Å². The second-order valence-electron chi connectivity index (χ2n) is 5.94. The van der Waals surface area contributed by atoms with E-state index in [-0.39, 0.29) is 11.1 Å². The number of para-hydroxylation sites is 1. The first-order chi connectivity index (χ1) is 11.3. The molecule has 1 heterocycles. The van der Waals surface area contributed by atoms with Gasteiger partial charge in [0.05, 0.1) is 15.6 Å². The molecule has 1 N–H and O–H groups in total. The molecule has 0 amide bonds. The van der Waals surface area contributed by atoms with Crippen LogP contribution in [-0.4, -0.2) is 33.8 Å². The van der Waals surface area contributed by atoms with Crippen molar-refractivity contribution in [2.45, 2.75) is 17.4 Å². The Kier molecular flexibility index (Phi) is 4.69. The smallest absolute Gasteiger partial charge is 0.177 e. The standard InChI is InChI=1S/C17H18ClFN2O2S/c1-24(22,23)17-5-3-2-4-16(17)20-12-8-9-21(11-12)13-6-7-15(19)14(18)10-13/h2-7,10,12,20H,8-9,11H2,1H3. The largest absolute Gasteiger partial charge is 0.379 e. The van der Waals surface area contributed by atoms with Crippen LogP contribution in [0, 0.1) is 5.82 Å². The average Bonchev–Trinajstić information content (AvgIpc) is 2.98. The minimum atomic E-state index is -3.29. The minimum absolute atomic E-state index is 0.103. The molecule has 0 radical (unpaired) electrons. The van der Waals surface area contributed by atoms with Gasteiger partial charge in [-0.2, -0.15) is 0 Å². The zero-order chi connectivity index (χ0) is 17.3. The highest BCUT2D eigenvalue weighted by Crippen LogP contribution is 2.28. The van der Waals surface area contributed by atoms with Gasteiger partial charge in [-0.1, -0.05) is 23.7 Å². The van der Waals surface area contributed by atoms with Gasteiger partial charge in [0.15, 0.2) is 9.84 Å². The molecule has 0 aliphatic carbocycles. The number of nitrogens with one attached hydrogen (secondary N) is 1. The number of nitrogens with zero attached hydrogens (tertiary/aromatic N) is 1. The van der Waals surface area contributed by atoms with E-state index >= 15 is 0 Å². The van der Waals surface area contributed by atoms with Crippen molar-refractivity contribution in [2.75, 3.05) is 29.6 Å². The summed E-state index contributed by atoms with van der Waals surface area (Å²) in [5.74, 6) is -0.434. The molecule has 2 aromatic carbocycles. The molecule has 0 aromatic heterocycles. The summed E-state index contributed by atoms with van der Waals surface area (Å²) in [7, 11) is -3.29. The lowest BCUT2D eigenvalue weighted by Gasteiger charge is -2.20. The van der Waals surface area contributed by atoms with Crippen LogP contribution in [0.1, 0.15) is 6.42 Å². The van der Waals surface area contributed by atoms with E-state index in [0.29, 0.717) is 17.1 Å². The Labute approximate surface area is 146 Å². The van der Waals surface area contributed by atoms with Gasteiger partial charge in [0.25, 0.3) is 0 Å². The van der Waals surface area contributed by atoms with Gasteiger partial charge in [0.1, 0.15) is 5.82 Å². The minimum Gasteiger partial charge on any atom is -0.379 e. The molecule has 1 atom stereocenters. The Morgan fingerprint density at radius 2 is 2.00 bits per heavy atom. The summed E-state index contributed by atoms with van der Waals surface area (Å²) in [5, 5.41) is 3.42. The second kappa shape index (κ2) is 6.61. The fraction of sp³-hybridized carbons (Fsp3) is 0.294. The van der Waals surface area contributed by atoms with Crippen LogP contribution in [0.5, 0.6) is 0 Å². The Bertz CT molecular complexity index is 857. The highest BCUT2D eigenvalue weighted by atomic mass is 35.5. The molecule has 0 saturated carbocycles. The maximum absolute atomic E-state index is 13.3. The normalized spacial score (nSPS) is 18.0. The number of hydrogen-bond acceptors (Lipinski definition) is 4. The second-order valence-corrected chi connectivity index (χ2v) is 8.33. The summed E-state index contributed by atoms with van der Waals surface area (Å²) in [4.78, 5) is 2.40. The van der Waals surface area contributed by atoms with Gasteiger partial charge in [0.2, 0.25) is 0 Å². The van der Waals surface area contributed by atoms with Crippen molar-refractivity contribution in [1.82, 2.24) is 0 Å². The summed E-state index contributed by atoms with van der Waals surface area (Å²) in [6.45, 7) is 1.49. The predicted molar refractivity (Wildman–Crippen MR) is 95.2 cm³/mol. The third kappa shape index (κ3) is 3.65. The quantitative estimate of drug-likeness (QED) is 0.896. The zero-order valence-electron chi connectivity index (χ0n) is 13.2. The van der Waals surface area contributed by atoms with Gasteiger partial charge >= 0.3 is 0 Å². The fourth-order valence-corrected chi connectivity index (χ4v) is 3.95. The van der Waals surface area contributed by atoms with Crippen LogP contribution < -0.4 is 10.2 Å². The maximum Gasteiger partial charge on any atom is 0.177 e. The van der Waals surface area contributed by atoms with Gasteiger partial charge < -0.3 is 10.2 Å². The Hall–Kier alpha value is -1.79. The molecule has 128 valence electrons. The number of benzene rings is 2. The summed E-state index contributed by atoms with van der Waals surface area (Å²) in [6.07, 6.45) is 2.06. The molecule has 1 unspecified atom stereocenters. The van der Waals surface area contributed by atoms with Gasteiger partial charge in [-0.3, -0.25) is 0 Å². The predicted octanol–water partition coefficient (Wildman–Crippen LogP) is 3.57. The van der Waals surface area contributed by atoms with Crippen LogP contribution in [0.3, 0.4) is 0 Å². The summed E-state index contributed by atoms with van der Waals surface area (Å²) >= 11 is 5.85. The van der Waals surface area contributed by atoms with Crippen molar-refractivity contribution in [2.24, 2.45) is 0 Å². The fourth-order valence-electron chi connectivity index (χ4n) is 2.92. The number of rotatable bonds is 4. The lowest BCUT2D eigenvalue weighted by molar-refractivity contribution is 0.602. The van der Waals surface area contributed by atoms with E-state index in [1.807, 2.05) is 6.07 Å². The Morgan fingerprint density at radius 3 is 2.71 bits per heavy atom. The van der Waals surface area contributed by atoms with E-state index in [1.165, 1.54) is 12.3 Å². The molecule has 1 fully saturated rings. The molecular weight excluding hydrogens is 351 g/mol. The molecule has 1 aliphatic rings. The van der Waals surface area contributed by atoms with Crippen LogP contribution in [0.2, 0.25) is 5.02 Å². The number of hydrogen-bond donors (Lipinski definition) is 1. The van der Waals surface area contributed by atoms with E-state index in [0.717, 1.165) is 18.7 Å². The first-order valence-electron chi connectivity index (χ1n) is 7.60. The van der Waals surface area contributed by atoms with Gasteiger partial charge in [0, 0.05) is 31.1 Å². The molecule has 1 saturated heterocycles. The summed E-state index contributed by atoms with van der Waals surface area (Å²) in [6, 6.07) is 11.7. The molecule has 3 rings (SSSR count). The molecule has 0 bridgehead atoms. The zero-order valence-corrected chi connectivity index (χ0v) is 14.7. The average molecular weight is 369 g/mol. The number of halogens is 2. The van der Waals surface area contributed by atoms with E-state index in [1.54, 1.807) is 30.3 Å². The van der Waals surface area contributed by atoms with E-state index in [9.17, 15) is 12.8 Å². The lowest BCUT2D eigenvalue weighted by atomic mass is 10.2. The Morgan fingerprint density at radius 1 is 1.25 bits per heavy atom. The third-order valence-corrected chi connectivity index (χ3v) is 5.55. The van der Waals surface area contributed by atoms with Gasteiger partial charge in [-0.05, 0) is 36.8 Å². The van der Waals surface area contributed by atoms with Crippen molar-refractivity contribution in [3.63, 3.8) is 0 Å². The van der Waals surface area contributed by atoms with E-state index in [2.05, 4.69) is 10.2 Å². The molecular formula is C17H18ClFN2O2S. The highest BCUT2D eigenvalue weighted by Gasteiger charge is 2.24. The van der Waals surface area contributed by atoms with Crippen LogP contribution in [0.25, 0.3) is 0 Å². The van der Waals surface area contributed by atoms with Crippen molar-refractivity contribution >= 4 is 32.8 Å². The summed E-state index contributed by atoms with van der Waals surface area (Å²) in [5.41, 5.74) is 1.48. The topological polar surface area (TPSA) is 49.4 Å². The highest BCUT2D eigenvalue weighted by molar-refractivity contribution is 7.90. The van der Waals surface area contributed by atoms with Crippen LogP contribution in [-0.2, 0) is 9.84 Å². The maximum atomic E-state index is 13.3. The Balaban J connectivity index is 1.74. The molecule has 4 nitrogen and oxygen atoms in total. The van der Waals surface area contributed by atoms with Crippen LogP contribution in [0.4, 0.5) is 15.8 Å². The van der Waals surface area contributed by atoms with E-state index < -0.39 is 15.7 Å². The molecule has 24 heavy (non-hydrogen) atoms. The molecule has 7 heteroatoms. The van der Waals surface area contributed by atoms with E-state index in [4.69, 9.17) is 11.6 Å². The molecule has 1 aliphatic heterocycles. The third-order valence-electron chi connectivity index (χ3n) is 4.10. The molecule has 2 aromatic rings. The summed E-state index contributed by atoms with van der Waals surface area (Å²) < 4.78 is 37.1. The SMILES string of the molecule is CS(=O)(=O)c1ccccc1NC1CCN(c2ccc(F)c(Cl)c2)C1. The van der Waals surface area contributed by atoms with Crippen molar-refractivity contribution < 1.29 is 12.8 Å². The van der Waals surface area contributed by atoms with Crippen molar-refractivity contribution in [1.29, 1.82) is 0 Å². The van der Waals surface area contributed by atoms with Crippen LogP contribution >= 0.6 is 11.6 Å². The lowest BCUT2D eigenvalue weighted by Crippen LogP contribution is -2.26. The molecule has 0 spiro atoms. The van der Waals surface area contributed by atoms with Crippen molar-refractivity contribution in [3.05, 3.63) is 53.3 Å².